The van der Waals surface area contributed by atoms with Crippen LogP contribution in [-0.2, 0) is 14.4 Å². The molecule has 1 aromatic carbocycles. The third-order valence-electron chi connectivity index (χ3n) is 4.23. The van der Waals surface area contributed by atoms with Crippen molar-refractivity contribution in [2.75, 3.05) is 29.5 Å². The Labute approximate surface area is 172 Å². The molecule has 29 heavy (non-hydrogen) atoms. The molecule has 1 heterocycles. The SMILES string of the molecule is CCN(CC(=O)Nc1ccc(NC(C)=O)cc1)C(=O)CSc1nnc(C2CC2)o1. The number of amides is 3. The van der Waals surface area contributed by atoms with E-state index in [0.29, 0.717) is 35.0 Å². The lowest BCUT2D eigenvalue weighted by Crippen LogP contribution is -2.38. The van der Waals surface area contributed by atoms with Gasteiger partial charge in [-0.2, -0.15) is 0 Å². The van der Waals surface area contributed by atoms with Gasteiger partial charge in [-0.05, 0) is 44.0 Å². The average Bonchev–Trinajstić information content (AvgIpc) is 3.43. The molecule has 0 aliphatic heterocycles. The average molecular weight is 417 g/mol. The second-order valence-corrected chi connectivity index (χ2v) is 7.61. The normalized spacial score (nSPS) is 13.0. The van der Waals surface area contributed by atoms with Gasteiger partial charge in [0.05, 0.1) is 12.3 Å². The van der Waals surface area contributed by atoms with E-state index in [1.807, 2.05) is 6.92 Å². The second-order valence-electron chi connectivity index (χ2n) is 6.68. The Hall–Kier alpha value is -2.88. The van der Waals surface area contributed by atoms with Crippen LogP contribution in [-0.4, -0.2) is 51.7 Å². The first-order valence-corrected chi connectivity index (χ1v) is 10.3. The van der Waals surface area contributed by atoms with Crippen molar-refractivity contribution in [1.82, 2.24) is 15.1 Å². The largest absolute Gasteiger partial charge is 0.416 e. The predicted octanol–water partition coefficient (Wildman–Crippen LogP) is 2.48. The molecule has 9 nitrogen and oxygen atoms in total. The summed E-state index contributed by atoms with van der Waals surface area (Å²) in [4.78, 5) is 37.2. The summed E-state index contributed by atoms with van der Waals surface area (Å²) in [6.45, 7) is 3.59. The van der Waals surface area contributed by atoms with Crippen LogP contribution >= 0.6 is 11.8 Å². The fourth-order valence-electron chi connectivity index (χ4n) is 2.58. The van der Waals surface area contributed by atoms with Gasteiger partial charge < -0.3 is 20.0 Å². The van der Waals surface area contributed by atoms with Gasteiger partial charge in [0.1, 0.15) is 0 Å². The molecule has 10 heteroatoms. The highest BCUT2D eigenvalue weighted by molar-refractivity contribution is 7.99. The third-order valence-corrected chi connectivity index (χ3v) is 5.03. The molecule has 1 fully saturated rings. The van der Waals surface area contributed by atoms with Gasteiger partial charge in [-0.25, -0.2) is 0 Å². The van der Waals surface area contributed by atoms with Crippen molar-refractivity contribution in [3.63, 3.8) is 0 Å². The minimum atomic E-state index is -0.300. The Balaban J connectivity index is 1.46. The van der Waals surface area contributed by atoms with Gasteiger partial charge in [0, 0.05) is 30.8 Å². The Morgan fingerprint density at radius 3 is 2.38 bits per heavy atom. The second kappa shape index (κ2) is 9.55. The summed E-state index contributed by atoms with van der Waals surface area (Å²) in [5, 5.41) is 13.7. The first-order chi connectivity index (χ1) is 13.9. The highest BCUT2D eigenvalue weighted by Gasteiger charge is 2.29. The number of thioether (sulfide) groups is 1. The number of hydrogen-bond donors (Lipinski definition) is 2. The van der Waals surface area contributed by atoms with Crippen molar-refractivity contribution in [1.29, 1.82) is 0 Å². The summed E-state index contributed by atoms with van der Waals surface area (Å²) in [6, 6.07) is 6.75. The Kier molecular flexibility index (Phi) is 6.86. The maximum Gasteiger partial charge on any atom is 0.277 e. The predicted molar refractivity (Wildman–Crippen MR) is 109 cm³/mol. The maximum absolute atomic E-state index is 12.4. The number of carbonyl (C=O) groups is 3. The standard InChI is InChI=1S/C19H23N5O4S/c1-3-24(17(27)11-29-19-23-22-18(28-19)13-4-5-13)10-16(26)21-15-8-6-14(7-9-15)20-12(2)25/h6-9,13H,3-5,10-11H2,1-2H3,(H,20,25)(H,21,26). The van der Waals surface area contributed by atoms with Crippen molar-refractivity contribution >= 4 is 40.9 Å². The van der Waals surface area contributed by atoms with Crippen molar-refractivity contribution in [2.45, 2.75) is 37.8 Å². The summed E-state index contributed by atoms with van der Waals surface area (Å²) in [6.07, 6.45) is 2.14. The molecule has 0 unspecified atom stereocenters. The van der Waals surface area contributed by atoms with Crippen molar-refractivity contribution < 1.29 is 18.8 Å². The molecule has 0 saturated heterocycles. The summed E-state index contributed by atoms with van der Waals surface area (Å²) in [5.41, 5.74) is 1.23. The van der Waals surface area contributed by atoms with Crippen LogP contribution in [0, 0.1) is 0 Å². The Morgan fingerprint density at radius 1 is 1.14 bits per heavy atom. The first kappa shape index (κ1) is 20.8. The molecule has 3 amide bonds. The zero-order valence-corrected chi connectivity index (χ0v) is 17.1. The quantitative estimate of drug-likeness (QED) is 0.602. The van der Waals surface area contributed by atoms with E-state index in [-0.39, 0.29) is 30.0 Å². The summed E-state index contributed by atoms with van der Waals surface area (Å²) in [5.74, 6) is 0.484. The van der Waals surface area contributed by atoms with Crippen LogP contribution in [0.1, 0.15) is 38.5 Å². The minimum Gasteiger partial charge on any atom is -0.416 e. The number of carbonyl (C=O) groups excluding carboxylic acids is 3. The van der Waals surface area contributed by atoms with E-state index in [2.05, 4.69) is 20.8 Å². The van der Waals surface area contributed by atoms with Gasteiger partial charge in [-0.3, -0.25) is 14.4 Å². The number of anilines is 2. The number of rotatable bonds is 9. The number of aromatic nitrogens is 2. The lowest BCUT2D eigenvalue weighted by Gasteiger charge is -2.20. The molecule has 154 valence electrons. The summed E-state index contributed by atoms with van der Waals surface area (Å²) >= 11 is 1.18. The van der Waals surface area contributed by atoms with Gasteiger partial charge >= 0.3 is 0 Å². The highest BCUT2D eigenvalue weighted by atomic mass is 32.2. The van der Waals surface area contributed by atoms with Crippen molar-refractivity contribution in [2.24, 2.45) is 0 Å². The molecule has 0 radical (unpaired) electrons. The maximum atomic E-state index is 12.4. The van der Waals surface area contributed by atoms with Gasteiger partial charge in [0.25, 0.3) is 5.22 Å². The van der Waals surface area contributed by atoms with Crippen LogP contribution in [0.25, 0.3) is 0 Å². The molecule has 2 N–H and O–H groups in total. The van der Waals surface area contributed by atoms with Gasteiger partial charge in [-0.1, -0.05) is 11.8 Å². The van der Waals surface area contributed by atoms with E-state index in [4.69, 9.17) is 4.42 Å². The van der Waals surface area contributed by atoms with Crippen molar-refractivity contribution in [3.8, 4) is 0 Å². The minimum absolute atomic E-state index is 0.0551. The molecule has 0 atom stereocenters. The van der Waals surface area contributed by atoms with Gasteiger partial charge in [0.2, 0.25) is 23.6 Å². The smallest absolute Gasteiger partial charge is 0.277 e. The van der Waals surface area contributed by atoms with Crippen LogP contribution in [0.5, 0.6) is 0 Å². The molecule has 1 aliphatic carbocycles. The van der Waals surface area contributed by atoms with E-state index in [9.17, 15) is 14.4 Å². The molecular formula is C19H23N5O4S. The van der Waals surface area contributed by atoms with E-state index in [0.717, 1.165) is 12.8 Å². The number of nitrogens with zero attached hydrogens (tertiary/aromatic N) is 3. The monoisotopic (exact) mass is 417 g/mol. The fraction of sp³-hybridized carbons (Fsp3) is 0.421. The molecule has 1 aromatic heterocycles. The zero-order valence-electron chi connectivity index (χ0n) is 16.3. The molecule has 3 rings (SSSR count). The summed E-state index contributed by atoms with van der Waals surface area (Å²) < 4.78 is 5.53. The van der Waals surface area contributed by atoms with Crippen LogP contribution in [0.3, 0.4) is 0 Å². The van der Waals surface area contributed by atoms with Crippen molar-refractivity contribution in [3.05, 3.63) is 30.2 Å². The molecule has 0 spiro atoms. The zero-order chi connectivity index (χ0) is 20.8. The molecular weight excluding hydrogens is 394 g/mol. The Morgan fingerprint density at radius 2 is 1.79 bits per heavy atom. The molecule has 2 aromatic rings. The van der Waals surface area contributed by atoms with Gasteiger partial charge in [-0.15, -0.1) is 10.2 Å². The van der Waals surface area contributed by atoms with Crippen LogP contribution in [0.4, 0.5) is 11.4 Å². The lowest BCUT2D eigenvalue weighted by molar-refractivity contribution is -0.132. The fourth-order valence-corrected chi connectivity index (χ4v) is 3.25. The number of nitrogens with one attached hydrogen (secondary N) is 2. The summed E-state index contributed by atoms with van der Waals surface area (Å²) in [7, 11) is 0. The molecule has 1 aliphatic rings. The van der Waals surface area contributed by atoms with Crippen LogP contribution < -0.4 is 10.6 Å². The number of likely N-dealkylation sites (N-methyl/N-ethyl adjacent to an activating group) is 1. The van der Waals surface area contributed by atoms with E-state index < -0.39 is 0 Å². The number of hydrogen-bond acceptors (Lipinski definition) is 7. The Bertz CT molecular complexity index is 879. The highest BCUT2D eigenvalue weighted by Crippen LogP contribution is 2.39. The first-order valence-electron chi connectivity index (χ1n) is 9.36. The van der Waals surface area contributed by atoms with Crippen LogP contribution in [0.15, 0.2) is 33.9 Å². The third kappa shape index (κ3) is 6.31. The molecule has 0 bridgehead atoms. The topological polar surface area (TPSA) is 117 Å². The van der Waals surface area contributed by atoms with E-state index >= 15 is 0 Å². The van der Waals surface area contributed by atoms with E-state index in [1.165, 1.54) is 23.6 Å². The van der Waals surface area contributed by atoms with Gasteiger partial charge in [0.15, 0.2) is 0 Å². The van der Waals surface area contributed by atoms with Crippen LogP contribution in [0.2, 0.25) is 0 Å². The lowest BCUT2D eigenvalue weighted by atomic mass is 10.2. The number of benzene rings is 1. The van der Waals surface area contributed by atoms with E-state index in [1.54, 1.807) is 24.3 Å². The molecule has 1 saturated carbocycles.